The van der Waals surface area contributed by atoms with Crippen molar-refractivity contribution in [3.63, 3.8) is 0 Å². The summed E-state index contributed by atoms with van der Waals surface area (Å²) in [5.74, 6) is -0.156. The first-order valence-electron chi connectivity index (χ1n) is 8.26. The summed E-state index contributed by atoms with van der Waals surface area (Å²) in [7, 11) is 3.01. The molecule has 0 atom stereocenters. The average molecular weight is 401 g/mol. The van der Waals surface area contributed by atoms with Crippen LogP contribution < -0.4 is 14.8 Å². The Bertz CT molecular complexity index is 1040. The Kier molecular flexibility index (Phi) is 5.96. The summed E-state index contributed by atoms with van der Waals surface area (Å²) in [5.41, 5.74) is 1.29. The maximum atomic E-state index is 12.4. The van der Waals surface area contributed by atoms with E-state index in [4.69, 9.17) is 25.8 Å². The number of nitrogens with one attached hydrogen (secondary N) is 1. The van der Waals surface area contributed by atoms with Crippen LogP contribution in [0.25, 0.3) is 10.9 Å². The lowest BCUT2D eigenvalue weighted by Crippen LogP contribution is -2.21. The van der Waals surface area contributed by atoms with Crippen LogP contribution in [0.5, 0.6) is 11.5 Å². The van der Waals surface area contributed by atoms with Crippen molar-refractivity contribution in [2.75, 3.05) is 26.1 Å². The fourth-order valence-electron chi connectivity index (χ4n) is 2.63. The van der Waals surface area contributed by atoms with E-state index in [1.165, 1.54) is 20.3 Å². The third-order valence-electron chi connectivity index (χ3n) is 3.91. The molecule has 0 radical (unpaired) electrons. The normalized spacial score (nSPS) is 10.4. The predicted molar refractivity (Wildman–Crippen MR) is 105 cm³/mol. The van der Waals surface area contributed by atoms with Gasteiger partial charge in [-0.25, -0.2) is 9.78 Å². The smallest absolute Gasteiger partial charge is 0.339 e. The van der Waals surface area contributed by atoms with Gasteiger partial charge in [-0.1, -0.05) is 29.8 Å². The minimum atomic E-state index is -0.664. The number of carbonyl (C=O) groups excluding carboxylic acids is 2. The van der Waals surface area contributed by atoms with Gasteiger partial charge < -0.3 is 19.5 Å². The number of pyridine rings is 1. The van der Waals surface area contributed by atoms with E-state index in [0.717, 1.165) is 0 Å². The second-order valence-electron chi connectivity index (χ2n) is 5.70. The van der Waals surface area contributed by atoms with E-state index < -0.39 is 18.5 Å². The molecule has 0 aliphatic rings. The number of benzene rings is 2. The summed E-state index contributed by atoms with van der Waals surface area (Å²) in [6, 6.07) is 13.4. The standard InChI is InChI=1S/C20H17ClN2O5/c1-26-16-8-7-12(9-17(16)27-2)22-19(24)11-28-20(25)14-10-18(21)23-15-6-4-3-5-13(14)15/h3-10H,11H2,1-2H3,(H,22,24). The summed E-state index contributed by atoms with van der Waals surface area (Å²) in [6.45, 7) is -0.457. The third-order valence-corrected chi connectivity index (χ3v) is 4.10. The molecule has 2 aromatic carbocycles. The van der Waals surface area contributed by atoms with Crippen LogP contribution in [0.2, 0.25) is 5.15 Å². The summed E-state index contributed by atoms with van der Waals surface area (Å²) >= 11 is 5.97. The van der Waals surface area contributed by atoms with Crippen molar-refractivity contribution in [1.29, 1.82) is 0 Å². The highest BCUT2D eigenvalue weighted by Gasteiger charge is 2.16. The Morgan fingerprint density at radius 2 is 1.79 bits per heavy atom. The van der Waals surface area contributed by atoms with Crippen molar-refractivity contribution in [3.05, 3.63) is 59.2 Å². The molecule has 1 amide bonds. The van der Waals surface area contributed by atoms with E-state index in [1.807, 2.05) is 0 Å². The number of carbonyl (C=O) groups is 2. The number of rotatable bonds is 6. The molecule has 0 saturated carbocycles. The zero-order valence-electron chi connectivity index (χ0n) is 15.2. The van der Waals surface area contributed by atoms with Crippen molar-refractivity contribution in [1.82, 2.24) is 4.98 Å². The van der Waals surface area contributed by atoms with Crippen molar-refractivity contribution in [3.8, 4) is 11.5 Å². The van der Waals surface area contributed by atoms with Crippen LogP contribution in [-0.4, -0.2) is 37.7 Å². The highest BCUT2D eigenvalue weighted by Crippen LogP contribution is 2.29. The molecule has 0 aliphatic carbocycles. The van der Waals surface area contributed by atoms with E-state index in [2.05, 4.69) is 10.3 Å². The van der Waals surface area contributed by atoms with Gasteiger partial charge in [0.1, 0.15) is 5.15 Å². The second kappa shape index (κ2) is 8.58. The number of para-hydroxylation sites is 1. The highest BCUT2D eigenvalue weighted by molar-refractivity contribution is 6.30. The number of hydrogen-bond acceptors (Lipinski definition) is 6. The Morgan fingerprint density at radius 3 is 2.54 bits per heavy atom. The van der Waals surface area contributed by atoms with Gasteiger partial charge in [-0.3, -0.25) is 4.79 Å². The number of fused-ring (bicyclic) bond motifs is 1. The first-order chi connectivity index (χ1) is 13.5. The Labute approximate surface area is 166 Å². The summed E-state index contributed by atoms with van der Waals surface area (Å²) < 4.78 is 15.5. The molecule has 1 N–H and O–H groups in total. The number of hydrogen-bond donors (Lipinski definition) is 1. The summed E-state index contributed by atoms with van der Waals surface area (Å²) in [5, 5.41) is 3.39. The Morgan fingerprint density at radius 1 is 1.04 bits per heavy atom. The minimum Gasteiger partial charge on any atom is -0.493 e. The van der Waals surface area contributed by atoms with Gasteiger partial charge in [-0.15, -0.1) is 0 Å². The second-order valence-corrected chi connectivity index (χ2v) is 6.09. The lowest BCUT2D eigenvalue weighted by Gasteiger charge is -2.11. The van der Waals surface area contributed by atoms with Crippen molar-refractivity contribution in [2.45, 2.75) is 0 Å². The quantitative estimate of drug-likeness (QED) is 0.501. The van der Waals surface area contributed by atoms with Gasteiger partial charge in [0.05, 0.1) is 25.3 Å². The van der Waals surface area contributed by atoms with Crippen molar-refractivity contribution < 1.29 is 23.8 Å². The number of aromatic nitrogens is 1. The van der Waals surface area contributed by atoms with E-state index in [1.54, 1.807) is 42.5 Å². The molecule has 0 unspecified atom stereocenters. The molecule has 7 nitrogen and oxygen atoms in total. The molecule has 3 aromatic rings. The first-order valence-corrected chi connectivity index (χ1v) is 8.64. The molecule has 3 rings (SSSR count). The first kappa shape index (κ1) is 19.4. The van der Waals surface area contributed by atoms with Gasteiger partial charge in [0.2, 0.25) is 0 Å². The molecule has 0 fully saturated rings. The molecule has 0 saturated heterocycles. The number of halogens is 1. The van der Waals surface area contributed by atoms with E-state index in [0.29, 0.717) is 28.1 Å². The molecule has 0 aliphatic heterocycles. The fourth-order valence-corrected chi connectivity index (χ4v) is 2.83. The minimum absolute atomic E-state index is 0.167. The molecule has 144 valence electrons. The third kappa shape index (κ3) is 4.32. The van der Waals surface area contributed by atoms with Crippen molar-refractivity contribution >= 4 is 40.1 Å². The number of ether oxygens (including phenoxy) is 3. The molecule has 0 spiro atoms. The maximum absolute atomic E-state index is 12.4. The number of nitrogens with zero attached hydrogens (tertiary/aromatic N) is 1. The highest BCUT2D eigenvalue weighted by atomic mass is 35.5. The van der Waals surface area contributed by atoms with E-state index in [-0.39, 0.29) is 10.7 Å². The molecule has 28 heavy (non-hydrogen) atoms. The largest absolute Gasteiger partial charge is 0.493 e. The van der Waals surface area contributed by atoms with Crippen LogP contribution in [0.15, 0.2) is 48.5 Å². The lowest BCUT2D eigenvalue weighted by atomic mass is 10.1. The van der Waals surface area contributed by atoms with Crippen LogP contribution in [0.3, 0.4) is 0 Å². The van der Waals surface area contributed by atoms with Crippen LogP contribution in [0.4, 0.5) is 5.69 Å². The maximum Gasteiger partial charge on any atom is 0.339 e. The lowest BCUT2D eigenvalue weighted by molar-refractivity contribution is -0.119. The monoisotopic (exact) mass is 400 g/mol. The van der Waals surface area contributed by atoms with Crippen LogP contribution >= 0.6 is 11.6 Å². The van der Waals surface area contributed by atoms with Gasteiger partial charge in [0, 0.05) is 17.1 Å². The Balaban J connectivity index is 1.68. The van der Waals surface area contributed by atoms with Gasteiger partial charge >= 0.3 is 5.97 Å². The predicted octanol–water partition coefficient (Wildman–Crippen LogP) is 3.70. The summed E-state index contributed by atoms with van der Waals surface area (Å²) in [4.78, 5) is 28.7. The van der Waals surface area contributed by atoms with Crippen LogP contribution in [-0.2, 0) is 9.53 Å². The molecule has 0 bridgehead atoms. The van der Waals surface area contributed by atoms with Gasteiger partial charge in [0.25, 0.3) is 5.91 Å². The SMILES string of the molecule is COc1ccc(NC(=O)COC(=O)c2cc(Cl)nc3ccccc23)cc1OC. The number of amides is 1. The number of methoxy groups -OCH3 is 2. The molecular formula is C20H17ClN2O5. The molecule has 8 heteroatoms. The zero-order valence-corrected chi connectivity index (χ0v) is 15.9. The van der Waals surface area contributed by atoms with Crippen LogP contribution in [0, 0.1) is 0 Å². The molecular weight excluding hydrogens is 384 g/mol. The van der Waals surface area contributed by atoms with Gasteiger partial charge in [0.15, 0.2) is 18.1 Å². The van der Waals surface area contributed by atoms with Crippen molar-refractivity contribution in [2.24, 2.45) is 0 Å². The summed E-state index contributed by atoms with van der Waals surface area (Å²) in [6.07, 6.45) is 0. The van der Waals surface area contributed by atoms with E-state index >= 15 is 0 Å². The molecule has 1 aromatic heterocycles. The number of anilines is 1. The fraction of sp³-hybridized carbons (Fsp3) is 0.150. The zero-order chi connectivity index (χ0) is 20.1. The Hall–Kier alpha value is -3.32. The van der Waals surface area contributed by atoms with Gasteiger partial charge in [-0.05, 0) is 24.3 Å². The van der Waals surface area contributed by atoms with Gasteiger partial charge in [-0.2, -0.15) is 0 Å². The van der Waals surface area contributed by atoms with Crippen LogP contribution in [0.1, 0.15) is 10.4 Å². The average Bonchev–Trinajstić information content (AvgIpc) is 2.71. The molecule has 1 heterocycles. The number of esters is 1. The van der Waals surface area contributed by atoms with E-state index in [9.17, 15) is 9.59 Å². The topological polar surface area (TPSA) is 86.8 Å².